The van der Waals surface area contributed by atoms with Crippen molar-refractivity contribution >= 4 is 27.8 Å². The molecule has 2 aromatic rings. The number of amides is 1. The van der Waals surface area contributed by atoms with Crippen molar-refractivity contribution in [3.8, 4) is 11.5 Å². The largest absolute Gasteiger partial charge is 0.481 e. The minimum atomic E-state index is -0.930. The van der Waals surface area contributed by atoms with Gasteiger partial charge in [0.05, 0.1) is 5.56 Å². The number of nitrogens with one attached hydrogen (secondary N) is 1. The first-order valence-electron chi connectivity index (χ1n) is 6.80. The lowest BCUT2D eigenvalue weighted by atomic mass is 10.2. The molecule has 2 rings (SSSR count). The molecule has 0 fully saturated rings. The van der Waals surface area contributed by atoms with Gasteiger partial charge in [0.2, 0.25) is 5.89 Å². The minimum Gasteiger partial charge on any atom is -0.481 e. The lowest BCUT2D eigenvalue weighted by Crippen LogP contribution is -2.33. The summed E-state index contributed by atoms with van der Waals surface area (Å²) in [5, 5.41) is 11.2. The predicted molar refractivity (Wildman–Crippen MR) is 83.4 cm³/mol. The Balaban J connectivity index is 2.06. The van der Waals surface area contributed by atoms with E-state index in [-0.39, 0.29) is 29.6 Å². The second kappa shape index (κ2) is 7.36. The van der Waals surface area contributed by atoms with Crippen LogP contribution in [0.4, 0.5) is 4.39 Å². The summed E-state index contributed by atoms with van der Waals surface area (Å²) in [5.41, 5.74) is 0.149. The van der Waals surface area contributed by atoms with E-state index in [1.165, 1.54) is 12.1 Å². The zero-order valence-corrected chi connectivity index (χ0v) is 13.8. The molecular weight excluding hydrogens is 371 g/mol. The van der Waals surface area contributed by atoms with Crippen molar-refractivity contribution in [1.82, 2.24) is 10.3 Å². The van der Waals surface area contributed by atoms with E-state index < -0.39 is 17.7 Å². The van der Waals surface area contributed by atoms with E-state index in [0.29, 0.717) is 10.9 Å². The fourth-order valence-electron chi connectivity index (χ4n) is 1.87. The van der Waals surface area contributed by atoms with Crippen molar-refractivity contribution in [3.63, 3.8) is 0 Å². The Labute approximate surface area is 139 Å². The van der Waals surface area contributed by atoms with Gasteiger partial charge in [-0.25, -0.2) is 9.37 Å². The molecule has 0 aliphatic carbocycles. The second-order valence-electron chi connectivity index (χ2n) is 4.97. The molecule has 1 atom stereocenters. The Morgan fingerprint density at radius 3 is 2.87 bits per heavy atom. The van der Waals surface area contributed by atoms with Crippen molar-refractivity contribution in [2.24, 2.45) is 0 Å². The number of aliphatic carboxylic acids is 1. The number of halogens is 2. The zero-order chi connectivity index (χ0) is 17.0. The van der Waals surface area contributed by atoms with E-state index in [1.54, 1.807) is 13.0 Å². The fraction of sp³-hybridized carbons (Fsp3) is 0.267. The van der Waals surface area contributed by atoms with Gasteiger partial charge in [-0.05, 0) is 31.5 Å². The molecule has 0 saturated carbocycles. The molecule has 1 aromatic carbocycles. The summed E-state index contributed by atoms with van der Waals surface area (Å²) in [6, 6.07) is 4.06. The van der Waals surface area contributed by atoms with E-state index >= 15 is 0 Å². The number of carboxylic acids is 1. The first kappa shape index (κ1) is 17.1. The van der Waals surface area contributed by atoms with Crippen LogP contribution in [0.2, 0.25) is 0 Å². The Hall–Kier alpha value is -2.22. The van der Waals surface area contributed by atoms with Crippen LogP contribution in [0.1, 0.15) is 30.3 Å². The van der Waals surface area contributed by atoms with Gasteiger partial charge in [-0.1, -0.05) is 15.9 Å². The van der Waals surface area contributed by atoms with Crippen LogP contribution in [0.25, 0.3) is 11.5 Å². The standard InChI is InChI=1S/C15H14BrFN2O4/c1-8(2-5-13(20)21)18-14(22)12-7-23-15(19-12)10-4-3-9(16)6-11(10)17/h3-4,6-8H,2,5H2,1H3,(H,18,22)(H,20,21). The SMILES string of the molecule is CC(CCC(=O)O)NC(=O)c1coc(-c2ccc(Br)cc2F)n1. The van der Waals surface area contributed by atoms with Crippen molar-refractivity contribution < 1.29 is 23.5 Å². The maximum atomic E-state index is 13.8. The first-order chi connectivity index (χ1) is 10.9. The Bertz CT molecular complexity index is 732. The van der Waals surface area contributed by atoms with Crippen molar-refractivity contribution in [2.75, 3.05) is 0 Å². The summed E-state index contributed by atoms with van der Waals surface area (Å²) in [7, 11) is 0. The van der Waals surface area contributed by atoms with E-state index in [2.05, 4.69) is 26.2 Å². The van der Waals surface area contributed by atoms with Crippen LogP contribution in [0.5, 0.6) is 0 Å². The molecule has 8 heteroatoms. The molecule has 0 saturated heterocycles. The van der Waals surface area contributed by atoms with E-state index in [0.717, 1.165) is 6.26 Å². The molecule has 0 bridgehead atoms. The highest BCUT2D eigenvalue weighted by Gasteiger charge is 2.17. The van der Waals surface area contributed by atoms with Crippen LogP contribution in [0, 0.1) is 5.82 Å². The molecule has 0 spiro atoms. The summed E-state index contributed by atoms with van der Waals surface area (Å²) in [6.45, 7) is 1.69. The van der Waals surface area contributed by atoms with Gasteiger partial charge < -0.3 is 14.8 Å². The molecule has 122 valence electrons. The van der Waals surface area contributed by atoms with Gasteiger partial charge in [0.15, 0.2) is 5.69 Å². The highest BCUT2D eigenvalue weighted by Crippen LogP contribution is 2.25. The van der Waals surface area contributed by atoms with Crippen molar-refractivity contribution in [3.05, 3.63) is 40.4 Å². The van der Waals surface area contributed by atoms with Crippen LogP contribution in [0.15, 0.2) is 33.4 Å². The van der Waals surface area contributed by atoms with Gasteiger partial charge >= 0.3 is 5.97 Å². The van der Waals surface area contributed by atoms with Crippen molar-refractivity contribution in [1.29, 1.82) is 0 Å². The highest BCUT2D eigenvalue weighted by atomic mass is 79.9. The first-order valence-corrected chi connectivity index (χ1v) is 7.59. The molecule has 1 aromatic heterocycles. The van der Waals surface area contributed by atoms with E-state index in [4.69, 9.17) is 9.52 Å². The van der Waals surface area contributed by atoms with Gasteiger partial charge in [0.1, 0.15) is 12.1 Å². The normalized spacial score (nSPS) is 12.0. The quantitative estimate of drug-likeness (QED) is 0.797. The van der Waals surface area contributed by atoms with Gasteiger partial charge in [0.25, 0.3) is 5.91 Å². The number of carboxylic acid groups (broad SMARTS) is 1. The summed E-state index contributed by atoms with van der Waals surface area (Å²) in [4.78, 5) is 26.5. The third kappa shape index (κ3) is 4.62. The highest BCUT2D eigenvalue weighted by molar-refractivity contribution is 9.10. The smallest absolute Gasteiger partial charge is 0.303 e. The number of oxazole rings is 1. The lowest BCUT2D eigenvalue weighted by molar-refractivity contribution is -0.137. The monoisotopic (exact) mass is 384 g/mol. The molecule has 1 heterocycles. The topological polar surface area (TPSA) is 92.4 Å². The number of carbonyl (C=O) groups is 2. The Kier molecular flexibility index (Phi) is 5.49. The molecule has 0 radical (unpaired) electrons. The number of aromatic nitrogens is 1. The third-order valence-corrected chi connectivity index (χ3v) is 3.56. The number of benzene rings is 1. The van der Waals surface area contributed by atoms with Gasteiger partial charge in [0, 0.05) is 16.9 Å². The minimum absolute atomic E-state index is 0.00154. The summed E-state index contributed by atoms with van der Waals surface area (Å²) >= 11 is 3.15. The van der Waals surface area contributed by atoms with Gasteiger partial charge in [-0.3, -0.25) is 9.59 Å². The van der Waals surface area contributed by atoms with Crippen LogP contribution in [0.3, 0.4) is 0 Å². The summed E-state index contributed by atoms with van der Waals surface area (Å²) in [5.74, 6) is -1.96. The number of carbonyl (C=O) groups excluding carboxylic acids is 1. The number of hydrogen-bond acceptors (Lipinski definition) is 4. The predicted octanol–water partition coefficient (Wildman–Crippen LogP) is 3.23. The maximum absolute atomic E-state index is 13.8. The molecule has 2 N–H and O–H groups in total. The van der Waals surface area contributed by atoms with E-state index in [1.807, 2.05) is 0 Å². The Morgan fingerprint density at radius 2 is 2.22 bits per heavy atom. The molecule has 0 aliphatic heterocycles. The van der Waals surface area contributed by atoms with Crippen molar-refractivity contribution in [2.45, 2.75) is 25.8 Å². The molecule has 1 amide bonds. The van der Waals surface area contributed by atoms with Gasteiger partial charge in [-0.2, -0.15) is 0 Å². The average Bonchev–Trinajstić information content (AvgIpc) is 2.94. The number of hydrogen-bond donors (Lipinski definition) is 2. The average molecular weight is 385 g/mol. The number of nitrogens with zero attached hydrogens (tertiary/aromatic N) is 1. The van der Waals surface area contributed by atoms with Crippen LogP contribution < -0.4 is 5.32 Å². The zero-order valence-electron chi connectivity index (χ0n) is 12.2. The van der Waals surface area contributed by atoms with E-state index in [9.17, 15) is 14.0 Å². The molecular formula is C15H14BrFN2O4. The molecule has 23 heavy (non-hydrogen) atoms. The summed E-state index contributed by atoms with van der Waals surface area (Å²) < 4.78 is 19.6. The Morgan fingerprint density at radius 1 is 1.48 bits per heavy atom. The van der Waals surface area contributed by atoms with Crippen LogP contribution >= 0.6 is 15.9 Å². The maximum Gasteiger partial charge on any atom is 0.303 e. The van der Waals surface area contributed by atoms with Gasteiger partial charge in [-0.15, -0.1) is 0 Å². The summed E-state index contributed by atoms with van der Waals surface area (Å²) in [6.07, 6.45) is 1.39. The molecule has 6 nitrogen and oxygen atoms in total. The van der Waals surface area contributed by atoms with Crippen LogP contribution in [-0.2, 0) is 4.79 Å². The second-order valence-corrected chi connectivity index (χ2v) is 5.88. The number of rotatable bonds is 6. The molecule has 1 unspecified atom stereocenters. The fourth-order valence-corrected chi connectivity index (χ4v) is 2.21. The lowest BCUT2D eigenvalue weighted by Gasteiger charge is -2.10. The molecule has 0 aliphatic rings. The third-order valence-electron chi connectivity index (χ3n) is 3.07. The van der Waals surface area contributed by atoms with Crippen LogP contribution in [-0.4, -0.2) is 28.0 Å².